The standard InChI is InChI=1S/C7H10N2OS/c10-4-6-5-11-7(8-6)9-2-1-3-9/h5,10H,1-4H2. The smallest absolute Gasteiger partial charge is 0.185 e. The Kier molecular flexibility index (Phi) is 1.79. The first-order chi connectivity index (χ1) is 5.40. The van der Waals surface area contributed by atoms with E-state index in [2.05, 4.69) is 9.88 Å². The van der Waals surface area contributed by atoms with Crippen LogP contribution >= 0.6 is 11.3 Å². The second-order valence-corrected chi connectivity index (χ2v) is 3.46. The number of hydrogen-bond acceptors (Lipinski definition) is 4. The largest absolute Gasteiger partial charge is 0.390 e. The van der Waals surface area contributed by atoms with Gasteiger partial charge in [0, 0.05) is 18.5 Å². The molecule has 60 valence electrons. The maximum absolute atomic E-state index is 8.75. The van der Waals surface area contributed by atoms with Gasteiger partial charge in [0.1, 0.15) is 0 Å². The first-order valence-electron chi connectivity index (χ1n) is 3.70. The molecule has 0 spiro atoms. The number of aromatic nitrogens is 1. The molecule has 0 aromatic carbocycles. The maximum Gasteiger partial charge on any atom is 0.185 e. The molecule has 0 aliphatic carbocycles. The lowest BCUT2D eigenvalue weighted by atomic mass is 10.2. The molecule has 0 bridgehead atoms. The predicted octanol–water partition coefficient (Wildman–Crippen LogP) is 0.846. The molecule has 0 amide bonds. The van der Waals surface area contributed by atoms with Crippen molar-refractivity contribution in [3.8, 4) is 0 Å². The molecule has 0 radical (unpaired) electrons. The molecular formula is C7H10N2OS. The first kappa shape index (κ1) is 7.06. The van der Waals surface area contributed by atoms with Crippen LogP contribution in [0.3, 0.4) is 0 Å². The van der Waals surface area contributed by atoms with Crippen molar-refractivity contribution in [1.29, 1.82) is 0 Å². The van der Waals surface area contributed by atoms with Crippen molar-refractivity contribution in [3.05, 3.63) is 11.1 Å². The molecule has 3 nitrogen and oxygen atoms in total. The molecule has 1 aromatic rings. The number of aliphatic hydroxyl groups excluding tert-OH is 1. The highest BCUT2D eigenvalue weighted by Crippen LogP contribution is 2.24. The number of aliphatic hydroxyl groups is 1. The molecular weight excluding hydrogens is 160 g/mol. The van der Waals surface area contributed by atoms with Gasteiger partial charge in [-0.2, -0.15) is 0 Å². The summed E-state index contributed by atoms with van der Waals surface area (Å²) in [6, 6.07) is 0. The summed E-state index contributed by atoms with van der Waals surface area (Å²) in [5.41, 5.74) is 0.789. The highest BCUT2D eigenvalue weighted by molar-refractivity contribution is 7.13. The number of anilines is 1. The molecule has 1 N–H and O–H groups in total. The molecule has 0 atom stereocenters. The zero-order chi connectivity index (χ0) is 7.68. The fourth-order valence-electron chi connectivity index (χ4n) is 1.02. The van der Waals surface area contributed by atoms with Crippen molar-refractivity contribution < 1.29 is 5.11 Å². The topological polar surface area (TPSA) is 36.4 Å². The Balaban J connectivity index is 2.11. The van der Waals surface area contributed by atoms with E-state index in [9.17, 15) is 0 Å². The quantitative estimate of drug-likeness (QED) is 0.714. The lowest BCUT2D eigenvalue weighted by Crippen LogP contribution is -2.36. The van der Waals surface area contributed by atoms with Crippen LogP contribution in [0.2, 0.25) is 0 Å². The van der Waals surface area contributed by atoms with Crippen LogP contribution in [-0.4, -0.2) is 23.2 Å². The number of rotatable bonds is 2. The van der Waals surface area contributed by atoms with Gasteiger partial charge < -0.3 is 10.0 Å². The highest BCUT2D eigenvalue weighted by Gasteiger charge is 2.16. The van der Waals surface area contributed by atoms with E-state index in [0.717, 1.165) is 23.9 Å². The SMILES string of the molecule is OCc1csc(N2CCC2)n1. The second kappa shape index (κ2) is 2.79. The predicted molar refractivity (Wildman–Crippen MR) is 44.9 cm³/mol. The molecule has 1 aliphatic rings. The Morgan fingerprint density at radius 3 is 2.91 bits per heavy atom. The van der Waals surface area contributed by atoms with Gasteiger partial charge in [0.2, 0.25) is 0 Å². The molecule has 4 heteroatoms. The summed E-state index contributed by atoms with van der Waals surface area (Å²) in [5, 5.41) is 11.7. The third kappa shape index (κ3) is 1.23. The van der Waals surface area contributed by atoms with Gasteiger partial charge in [0.05, 0.1) is 12.3 Å². The van der Waals surface area contributed by atoms with E-state index in [1.54, 1.807) is 11.3 Å². The van der Waals surface area contributed by atoms with Gasteiger partial charge in [-0.1, -0.05) is 0 Å². The molecule has 0 saturated carbocycles. The lowest BCUT2D eigenvalue weighted by molar-refractivity contribution is 0.277. The van der Waals surface area contributed by atoms with Gasteiger partial charge in [0.25, 0.3) is 0 Å². The summed E-state index contributed by atoms with van der Waals surface area (Å²) in [6.45, 7) is 2.31. The Morgan fingerprint density at radius 1 is 1.64 bits per heavy atom. The Morgan fingerprint density at radius 2 is 2.45 bits per heavy atom. The van der Waals surface area contributed by atoms with Gasteiger partial charge in [0.15, 0.2) is 5.13 Å². The summed E-state index contributed by atoms with van der Waals surface area (Å²) in [4.78, 5) is 6.47. The molecule has 1 aliphatic heterocycles. The minimum absolute atomic E-state index is 0.0599. The summed E-state index contributed by atoms with van der Waals surface area (Å²) in [5.74, 6) is 0. The first-order valence-corrected chi connectivity index (χ1v) is 4.58. The number of hydrogen-bond donors (Lipinski definition) is 1. The van der Waals surface area contributed by atoms with Crippen LogP contribution < -0.4 is 4.90 Å². The van der Waals surface area contributed by atoms with Gasteiger partial charge in [-0.25, -0.2) is 4.98 Å². The normalized spacial score (nSPS) is 16.6. The minimum atomic E-state index is 0.0599. The summed E-state index contributed by atoms with van der Waals surface area (Å²) < 4.78 is 0. The van der Waals surface area contributed by atoms with Crippen molar-refractivity contribution >= 4 is 16.5 Å². The molecule has 0 unspecified atom stereocenters. The fourth-order valence-corrected chi connectivity index (χ4v) is 1.89. The Labute approximate surface area is 69.3 Å². The maximum atomic E-state index is 8.75. The number of nitrogens with zero attached hydrogens (tertiary/aromatic N) is 2. The van der Waals surface area contributed by atoms with Crippen molar-refractivity contribution in [2.75, 3.05) is 18.0 Å². The zero-order valence-corrected chi connectivity index (χ0v) is 6.97. The van der Waals surface area contributed by atoms with Crippen molar-refractivity contribution in [2.45, 2.75) is 13.0 Å². The highest BCUT2D eigenvalue weighted by atomic mass is 32.1. The van der Waals surface area contributed by atoms with Crippen molar-refractivity contribution in [3.63, 3.8) is 0 Å². The van der Waals surface area contributed by atoms with Gasteiger partial charge in [-0.15, -0.1) is 11.3 Å². The third-order valence-corrected chi connectivity index (χ3v) is 2.78. The van der Waals surface area contributed by atoms with Crippen molar-refractivity contribution in [2.24, 2.45) is 0 Å². The van der Waals surface area contributed by atoms with E-state index >= 15 is 0 Å². The lowest BCUT2D eigenvalue weighted by Gasteiger charge is -2.30. The van der Waals surface area contributed by atoms with Crippen LogP contribution in [0.4, 0.5) is 5.13 Å². The molecule has 2 rings (SSSR count). The van der Waals surface area contributed by atoms with E-state index in [1.807, 2.05) is 5.38 Å². The van der Waals surface area contributed by atoms with Gasteiger partial charge in [-0.3, -0.25) is 0 Å². The zero-order valence-electron chi connectivity index (χ0n) is 6.16. The fraction of sp³-hybridized carbons (Fsp3) is 0.571. The molecule has 1 fully saturated rings. The van der Waals surface area contributed by atoms with E-state index < -0.39 is 0 Å². The molecule has 11 heavy (non-hydrogen) atoms. The molecule has 1 aromatic heterocycles. The van der Waals surface area contributed by atoms with Crippen molar-refractivity contribution in [1.82, 2.24) is 4.98 Å². The van der Waals surface area contributed by atoms with Gasteiger partial charge >= 0.3 is 0 Å². The molecule has 2 heterocycles. The van der Waals surface area contributed by atoms with E-state index in [0.29, 0.717) is 0 Å². The van der Waals surface area contributed by atoms with E-state index in [4.69, 9.17) is 5.11 Å². The summed E-state index contributed by atoms with van der Waals surface area (Å²) in [7, 11) is 0. The second-order valence-electron chi connectivity index (χ2n) is 2.62. The molecule has 1 saturated heterocycles. The van der Waals surface area contributed by atoms with E-state index in [-0.39, 0.29) is 6.61 Å². The van der Waals surface area contributed by atoms with Crippen LogP contribution in [0.15, 0.2) is 5.38 Å². The minimum Gasteiger partial charge on any atom is -0.390 e. The average Bonchev–Trinajstić information content (AvgIpc) is 2.32. The Hall–Kier alpha value is -0.610. The third-order valence-electron chi connectivity index (χ3n) is 1.83. The van der Waals surface area contributed by atoms with E-state index in [1.165, 1.54) is 6.42 Å². The van der Waals surface area contributed by atoms with Crippen LogP contribution in [-0.2, 0) is 6.61 Å². The summed E-state index contributed by atoms with van der Waals surface area (Å²) >= 11 is 1.61. The van der Waals surface area contributed by atoms with Crippen LogP contribution in [0.5, 0.6) is 0 Å². The van der Waals surface area contributed by atoms with Crippen LogP contribution in [0.1, 0.15) is 12.1 Å². The monoisotopic (exact) mass is 170 g/mol. The number of thiazole rings is 1. The van der Waals surface area contributed by atoms with Gasteiger partial charge in [-0.05, 0) is 6.42 Å². The van der Waals surface area contributed by atoms with Crippen LogP contribution in [0.25, 0.3) is 0 Å². The average molecular weight is 170 g/mol. The summed E-state index contributed by atoms with van der Waals surface area (Å²) in [6.07, 6.45) is 1.27. The van der Waals surface area contributed by atoms with Crippen LogP contribution in [0, 0.1) is 0 Å². The Bertz CT molecular complexity index is 244.